The number of ether oxygens (including phenoxy) is 1. The number of hydrogen-bond donors (Lipinski definition) is 0. The third kappa shape index (κ3) is 4.40. The average molecular weight is 664 g/mol. The number of para-hydroxylation sites is 2. The highest BCUT2D eigenvalue weighted by atomic mass is 16.5. The van der Waals surface area contributed by atoms with Crippen molar-refractivity contribution in [3.05, 3.63) is 204 Å². The standard InChI is InChI=1S/C48H29N3O/c49-30-31-25-27-32(28-26-31)35-18-11-23-41-46(35)52-44-24-10-9-21-39(44)48(41)38-20-8-7-17-36(38)45-37(19-12-22-40(45)48)43-29-42(33-13-3-1-4-14-33)50-47(51-43)34-15-5-2-6-16-34/h1-29H. The molecule has 2 aliphatic rings. The van der Waals surface area contributed by atoms with Gasteiger partial charge in [-0.3, -0.25) is 0 Å². The molecule has 52 heavy (non-hydrogen) atoms. The predicted molar refractivity (Wildman–Crippen MR) is 206 cm³/mol. The Morgan fingerprint density at radius 1 is 0.462 bits per heavy atom. The van der Waals surface area contributed by atoms with E-state index in [4.69, 9.17) is 14.7 Å². The van der Waals surface area contributed by atoms with Gasteiger partial charge in [0.15, 0.2) is 5.82 Å². The first kappa shape index (κ1) is 29.8. The molecule has 0 bridgehead atoms. The highest BCUT2D eigenvalue weighted by Gasteiger charge is 2.52. The van der Waals surface area contributed by atoms with Crippen molar-refractivity contribution in [1.29, 1.82) is 5.26 Å². The second-order valence-electron chi connectivity index (χ2n) is 13.2. The summed E-state index contributed by atoms with van der Waals surface area (Å²) in [6.07, 6.45) is 0. The molecule has 1 aliphatic carbocycles. The molecule has 242 valence electrons. The summed E-state index contributed by atoms with van der Waals surface area (Å²) in [6.45, 7) is 0. The van der Waals surface area contributed by atoms with E-state index in [1.807, 2.05) is 66.7 Å². The third-order valence-corrected chi connectivity index (χ3v) is 10.4. The van der Waals surface area contributed by atoms with Gasteiger partial charge in [-0.1, -0.05) is 152 Å². The Kier molecular flexibility index (Phi) is 6.74. The molecule has 4 nitrogen and oxygen atoms in total. The van der Waals surface area contributed by atoms with Crippen LogP contribution in [0.4, 0.5) is 0 Å². The van der Waals surface area contributed by atoms with Crippen molar-refractivity contribution < 1.29 is 4.74 Å². The number of nitriles is 1. The van der Waals surface area contributed by atoms with Gasteiger partial charge in [-0.2, -0.15) is 5.26 Å². The molecule has 1 aliphatic heterocycles. The van der Waals surface area contributed by atoms with Crippen molar-refractivity contribution in [2.45, 2.75) is 5.41 Å². The molecule has 2 heterocycles. The molecule has 1 atom stereocenters. The Hall–Kier alpha value is -7.09. The van der Waals surface area contributed by atoms with E-state index in [-0.39, 0.29) is 0 Å². The summed E-state index contributed by atoms with van der Waals surface area (Å²) >= 11 is 0. The average Bonchev–Trinajstić information content (AvgIpc) is 3.52. The van der Waals surface area contributed by atoms with Crippen LogP contribution in [0.15, 0.2) is 176 Å². The molecule has 10 rings (SSSR count). The number of fused-ring (bicyclic) bond motifs is 9. The van der Waals surface area contributed by atoms with E-state index in [0.29, 0.717) is 11.4 Å². The molecular weight excluding hydrogens is 635 g/mol. The van der Waals surface area contributed by atoms with Gasteiger partial charge in [0.05, 0.1) is 28.4 Å². The van der Waals surface area contributed by atoms with E-state index in [1.54, 1.807) is 0 Å². The molecule has 1 aromatic heterocycles. The summed E-state index contributed by atoms with van der Waals surface area (Å²) in [5, 5.41) is 9.49. The van der Waals surface area contributed by atoms with E-state index < -0.39 is 5.41 Å². The SMILES string of the molecule is N#Cc1ccc(-c2cccc3c2Oc2ccccc2C32c3ccccc3-c3c(-c4cc(-c5ccccc5)nc(-c5ccccc5)n4)cccc32)cc1. The summed E-state index contributed by atoms with van der Waals surface area (Å²) in [6, 6.07) is 62.9. The lowest BCUT2D eigenvalue weighted by Gasteiger charge is -2.40. The Morgan fingerprint density at radius 3 is 1.83 bits per heavy atom. The zero-order chi connectivity index (χ0) is 34.6. The minimum Gasteiger partial charge on any atom is -0.456 e. The van der Waals surface area contributed by atoms with Crippen LogP contribution >= 0.6 is 0 Å². The Balaban J connectivity index is 1.27. The van der Waals surface area contributed by atoms with E-state index in [2.05, 4.69) is 115 Å². The molecule has 1 spiro atoms. The second kappa shape index (κ2) is 11.8. The monoisotopic (exact) mass is 663 g/mol. The number of hydrogen-bond acceptors (Lipinski definition) is 4. The maximum Gasteiger partial charge on any atom is 0.160 e. The molecule has 0 fully saturated rings. The molecular formula is C48H29N3O. The van der Waals surface area contributed by atoms with Crippen LogP contribution in [0.2, 0.25) is 0 Å². The van der Waals surface area contributed by atoms with Gasteiger partial charge in [-0.15, -0.1) is 0 Å². The van der Waals surface area contributed by atoms with Crippen LogP contribution in [0.3, 0.4) is 0 Å². The van der Waals surface area contributed by atoms with Gasteiger partial charge < -0.3 is 4.74 Å². The van der Waals surface area contributed by atoms with E-state index >= 15 is 0 Å². The lowest BCUT2D eigenvalue weighted by molar-refractivity contribution is 0.438. The minimum absolute atomic E-state index is 0.623. The first-order valence-corrected chi connectivity index (χ1v) is 17.4. The van der Waals surface area contributed by atoms with Gasteiger partial charge in [0.1, 0.15) is 11.5 Å². The van der Waals surface area contributed by atoms with E-state index in [0.717, 1.165) is 67.4 Å². The maximum absolute atomic E-state index is 9.49. The molecule has 8 aromatic rings. The summed E-state index contributed by atoms with van der Waals surface area (Å²) in [5.41, 5.74) is 13.6. The zero-order valence-electron chi connectivity index (χ0n) is 28.0. The third-order valence-electron chi connectivity index (χ3n) is 10.4. The molecule has 0 amide bonds. The highest BCUT2D eigenvalue weighted by Crippen LogP contribution is 2.64. The molecule has 7 aromatic carbocycles. The predicted octanol–water partition coefficient (Wildman–Crippen LogP) is 11.5. The van der Waals surface area contributed by atoms with Crippen molar-refractivity contribution in [3.8, 4) is 73.7 Å². The first-order chi connectivity index (χ1) is 25.7. The lowest BCUT2D eigenvalue weighted by atomic mass is 9.65. The van der Waals surface area contributed by atoms with Crippen LogP contribution in [0.1, 0.15) is 27.8 Å². The Morgan fingerprint density at radius 2 is 1.06 bits per heavy atom. The lowest BCUT2D eigenvalue weighted by Crippen LogP contribution is -2.32. The summed E-state index contributed by atoms with van der Waals surface area (Å²) in [7, 11) is 0. The van der Waals surface area contributed by atoms with Crippen LogP contribution in [-0.2, 0) is 5.41 Å². The summed E-state index contributed by atoms with van der Waals surface area (Å²) < 4.78 is 6.90. The molecule has 4 heteroatoms. The zero-order valence-corrected chi connectivity index (χ0v) is 28.0. The van der Waals surface area contributed by atoms with Crippen molar-refractivity contribution in [2.75, 3.05) is 0 Å². The van der Waals surface area contributed by atoms with Gasteiger partial charge in [-0.25, -0.2) is 9.97 Å². The molecule has 1 unspecified atom stereocenters. The number of benzene rings is 7. The van der Waals surface area contributed by atoms with Crippen molar-refractivity contribution in [2.24, 2.45) is 0 Å². The fourth-order valence-corrected chi connectivity index (χ4v) is 8.19. The Bertz CT molecular complexity index is 2660. The molecule has 0 saturated heterocycles. The summed E-state index contributed by atoms with van der Waals surface area (Å²) in [5.74, 6) is 2.33. The number of rotatable bonds is 4. The topological polar surface area (TPSA) is 58.8 Å². The summed E-state index contributed by atoms with van der Waals surface area (Å²) in [4.78, 5) is 10.4. The molecule has 0 radical (unpaired) electrons. The largest absolute Gasteiger partial charge is 0.456 e. The van der Waals surface area contributed by atoms with Crippen LogP contribution in [0.25, 0.3) is 56.2 Å². The maximum atomic E-state index is 9.49. The normalized spacial score (nSPS) is 14.8. The molecule has 0 saturated carbocycles. The first-order valence-electron chi connectivity index (χ1n) is 17.4. The van der Waals surface area contributed by atoms with Crippen molar-refractivity contribution in [1.82, 2.24) is 9.97 Å². The number of nitrogens with zero attached hydrogens (tertiary/aromatic N) is 3. The van der Waals surface area contributed by atoms with Gasteiger partial charge in [0.25, 0.3) is 0 Å². The Labute approximate surface area is 301 Å². The smallest absolute Gasteiger partial charge is 0.160 e. The van der Waals surface area contributed by atoms with Crippen LogP contribution < -0.4 is 4.74 Å². The van der Waals surface area contributed by atoms with Gasteiger partial charge in [0, 0.05) is 33.4 Å². The van der Waals surface area contributed by atoms with Crippen molar-refractivity contribution >= 4 is 0 Å². The quantitative estimate of drug-likeness (QED) is 0.188. The fraction of sp³-hybridized carbons (Fsp3) is 0.0208. The van der Waals surface area contributed by atoms with Crippen molar-refractivity contribution in [3.63, 3.8) is 0 Å². The second-order valence-corrected chi connectivity index (χ2v) is 13.2. The number of aromatic nitrogens is 2. The minimum atomic E-state index is -0.660. The van der Waals surface area contributed by atoms with Crippen LogP contribution in [-0.4, -0.2) is 9.97 Å². The van der Waals surface area contributed by atoms with Gasteiger partial charge in [0.2, 0.25) is 0 Å². The van der Waals surface area contributed by atoms with Crippen LogP contribution in [0, 0.1) is 11.3 Å². The van der Waals surface area contributed by atoms with E-state index in [9.17, 15) is 5.26 Å². The highest BCUT2D eigenvalue weighted by molar-refractivity contribution is 5.97. The van der Waals surface area contributed by atoms with Gasteiger partial charge in [-0.05, 0) is 52.1 Å². The van der Waals surface area contributed by atoms with Gasteiger partial charge >= 0.3 is 0 Å². The molecule has 0 N–H and O–H groups in total. The van der Waals surface area contributed by atoms with Crippen LogP contribution in [0.5, 0.6) is 11.5 Å². The van der Waals surface area contributed by atoms with E-state index in [1.165, 1.54) is 16.7 Å². The fourth-order valence-electron chi connectivity index (χ4n) is 8.19.